The van der Waals surface area contributed by atoms with Crippen LogP contribution in [-0.4, -0.2) is 34.4 Å². The zero-order chi connectivity index (χ0) is 22.3. The van der Waals surface area contributed by atoms with Gasteiger partial charge in [0.25, 0.3) is 0 Å². The van der Waals surface area contributed by atoms with Crippen LogP contribution >= 0.6 is 0 Å². The molecule has 31 heavy (non-hydrogen) atoms. The Bertz CT molecular complexity index is 1120. The molecule has 1 aliphatic carbocycles. The Kier molecular flexibility index (Phi) is 5.43. The highest BCUT2D eigenvalue weighted by Gasteiger charge is 2.37. The lowest BCUT2D eigenvalue weighted by atomic mass is 9.75. The van der Waals surface area contributed by atoms with Gasteiger partial charge in [-0.15, -0.1) is 0 Å². The summed E-state index contributed by atoms with van der Waals surface area (Å²) in [7, 11) is 0. The van der Waals surface area contributed by atoms with E-state index in [1.54, 1.807) is 26.0 Å². The van der Waals surface area contributed by atoms with E-state index in [0.29, 0.717) is 29.5 Å². The SMILES string of the molecule is CC(C)(CO)NC(=O)OC1CC(c2c(-c3ccc(F)cc3)[nH]c3c(F)cc(F)cc23)C1. The van der Waals surface area contributed by atoms with Gasteiger partial charge in [-0.1, -0.05) is 0 Å². The molecule has 1 aliphatic rings. The Morgan fingerprint density at radius 1 is 1.16 bits per heavy atom. The molecule has 5 nitrogen and oxygen atoms in total. The number of aromatic amines is 1. The fourth-order valence-electron chi connectivity index (χ4n) is 3.90. The number of amides is 1. The molecule has 0 spiro atoms. The first kappa shape index (κ1) is 21.2. The molecule has 1 fully saturated rings. The Balaban J connectivity index is 1.61. The van der Waals surface area contributed by atoms with Crippen LogP contribution in [0.1, 0.15) is 38.2 Å². The molecule has 0 saturated heterocycles. The van der Waals surface area contributed by atoms with Gasteiger partial charge in [0.2, 0.25) is 0 Å². The predicted octanol–water partition coefficient (Wildman–Crippen LogP) is 5.00. The summed E-state index contributed by atoms with van der Waals surface area (Å²) in [5.41, 5.74) is 1.34. The van der Waals surface area contributed by atoms with Crippen molar-refractivity contribution in [2.24, 2.45) is 0 Å². The fraction of sp³-hybridized carbons (Fsp3) is 0.348. The van der Waals surface area contributed by atoms with Gasteiger partial charge < -0.3 is 20.1 Å². The number of benzene rings is 2. The molecule has 1 heterocycles. The molecule has 1 amide bonds. The smallest absolute Gasteiger partial charge is 0.407 e. The quantitative estimate of drug-likeness (QED) is 0.532. The molecular formula is C23H23F3N2O3. The summed E-state index contributed by atoms with van der Waals surface area (Å²) in [6.45, 7) is 3.10. The number of aliphatic hydroxyl groups excluding tert-OH is 1. The molecule has 1 saturated carbocycles. The third kappa shape index (κ3) is 4.25. The van der Waals surface area contributed by atoms with Crippen molar-refractivity contribution in [3.8, 4) is 11.3 Å². The summed E-state index contributed by atoms with van der Waals surface area (Å²) >= 11 is 0. The number of hydrogen-bond donors (Lipinski definition) is 3. The maximum absolute atomic E-state index is 14.4. The van der Waals surface area contributed by atoms with Gasteiger partial charge in [0.15, 0.2) is 0 Å². The van der Waals surface area contributed by atoms with Crippen molar-refractivity contribution in [1.29, 1.82) is 0 Å². The molecule has 0 unspecified atom stereocenters. The number of rotatable bonds is 5. The van der Waals surface area contributed by atoms with Gasteiger partial charge in [0.05, 0.1) is 23.4 Å². The zero-order valence-corrected chi connectivity index (χ0v) is 17.1. The van der Waals surface area contributed by atoms with E-state index >= 15 is 0 Å². The van der Waals surface area contributed by atoms with Crippen LogP contribution < -0.4 is 5.32 Å². The average Bonchev–Trinajstić information content (AvgIpc) is 3.04. The molecular weight excluding hydrogens is 409 g/mol. The molecule has 3 aromatic rings. The first-order chi connectivity index (χ1) is 14.7. The number of alkyl carbamates (subject to hydrolysis) is 1. The molecule has 0 radical (unpaired) electrons. The van der Waals surface area contributed by atoms with Gasteiger partial charge >= 0.3 is 6.09 Å². The normalized spacial score (nSPS) is 18.6. The third-order valence-corrected chi connectivity index (χ3v) is 5.61. The number of halogens is 3. The zero-order valence-electron chi connectivity index (χ0n) is 17.1. The molecule has 0 atom stereocenters. The van der Waals surface area contributed by atoms with Gasteiger partial charge in [-0.25, -0.2) is 18.0 Å². The Labute approximate surface area is 177 Å². The summed E-state index contributed by atoms with van der Waals surface area (Å²) in [4.78, 5) is 15.1. The molecule has 0 aliphatic heterocycles. The van der Waals surface area contributed by atoms with Crippen molar-refractivity contribution in [2.45, 2.75) is 44.2 Å². The molecule has 4 rings (SSSR count). The molecule has 164 valence electrons. The van der Waals surface area contributed by atoms with Gasteiger partial charge in [-0.3, -0.25) is 0 Å². The molecule has 2 aromatic carbocycles. The predicted molar refractivity (Wildman–Crippen MR) is 110 cm³/mol. The van der Waals surface area contributed by atoms with Crippen LogP contribution in [0.15, 0.2) is 36.4 Å². The second kappa shape index (κ2) is 7.92. The monoisotopic (exact) mass is 432 g/mol. The van der Waals surface area contributed by atoms with Crippen LogP contribution in [0.2, 0.25) is 0 Å². The Morgan fingerprint density at radius 3 is 2.48 bits per heavy atom. The third-order valence-electron chi connectivity index (χ3n) is 5.61. The van der Waals surface area contributed by atoms with Crippen LogP contribution in [0.25, 0.3) is 22.2 Å². The largest absolute Gasteiger partial charge is 0.446 e. The van der Waals surface area contributed by atoms with Crippen LogP contribution in [0.5, 0.6) is 0 Å². The lowest BCUT2D eigenvalue weighted by molar-refractivity contribution is 0.0324. The lowest BCUT2D eigenvalue weighted by Crippen LogP contribution is -2.48. The Hall–Kier alpha value is -3.00. The number of hydrogen-bond acceptors (Lipinski definition) is 3. The maximum atomic E-state index is 14.4. The number of fused-ring (bicyclic) bond motifs is 1. The van der Waals surface area contributed by atoms with Crippen LogP contribution in [-0.2, 0) is 4.74 Å². The maximum Gasteiger partial charge on any atom is 0.407 e. The Morgan fingerprint density at radius 2 is 1.84 bits per heavy atom. The van der Waals surface area contributed by atoms with Gasteiger partial charge in [0.1, 0.15) is 23.6 Å². The van der Waals surface area contributed by atoms with E-state index in [-0.39, 0.29) is 24.1 Å². The first-order valence-corrected chi connectivity index (χ1v) is 10.0. The highest BCUT2D eigenvalue weighted by Crippen LogP contribution is 2.46. The highest BCUT2D eigenvalue weighted by atomic mass is 19.1. The fourth-order valence-corrected chi connectivity index (χ4v) is 3.90. The summed E-state index contributed by atoms with van der Waals surface area (Å²) in [5, 5.41) is 12.3. The van der Waals surface area contributed by atoms with Crippen molar-refractivity contribution >= 4 is 17.0 Å². The summed E-state index contributed by atoms with van der Waals surface area (Å²) in [6.07, 6.45) is -0.0282. The minimum Gasteiger partial charge on any atom is -0.446 e. The summed E-state index contributed by atoms with van der Waals surface area (Å²) in [6, 6.07) is 7.87. The van der Waals surface area contributed by atoms with E-state index in [4.69, 9.17) is 4.74 Å². The van der Waals surface area contributed by atoms with Gasteiger partial charge in [0, 0.05) is 11.5 Å². The number of carbonyl (C=O) groups excluding carboxylic acids is 1. The van der Waals surface area contributed by atoms with E-state index < -0.39 is 29.1 Å². The van der Waals surface area contributed by atoms with E-state index in [1.807, 2.05) is 0 Å². The van der Waals surface area contributed by atoms with E-state index in [9.17, 15) is 23.1 Å². The standard InChI is InChI=1S/C23H23F3N2O3/c1-23(2,11-29)28-22(30)31-16-7-13(8-16)19-17-9-15(25)10-18(26)21(17)27-20(19)12-3-5-14(24)6-4-12/h3-6,9-10,13,16,27,29H,7-8,11H2,1-2H3,(H,28,30). The van der Waals surface area contributed by atoms with Crippen LogP contribution in [0.3, 0.4) is 0 Å². The van der Waals surface area contributed by atoms with Crippen LogP contribution in [0.4, 0.5) is 18.0 Å². The van der Waals surface area contributed by atoms with Crippen molar-refractivity contribution in [3.05, 3.63) is 59.4 Å². The van der Waals surface area contributed by atoms with Crippen molar-refractivity contribution in [2.75, 3.05) is 6.61 Å². The van der Waals surface area contributed by atoms with Gasteiger partial charge in [-0.05, 0) is 74.1 Å². The average molecular weight is 432 g/mol. The molecule has 0 bridgehead atoms. The number of carbonyl (C=O) groups is 1. The topological polar surface area (TPSA) is 74.3 Å². The first-order valence-electron chi connectivity index (χ1n) is 10.0. The van der Waals surface area contributed by atoms with E-state index in [1.165, 1.54) is 18.2 Å². The molecule has 3 N–H and O–H groups in total. The minimum atomic E-state index is -0.804. The molecule has 8 heteroatoms. The van der Waals surface area contributed by atoms with Gasteiger partial charge in [-0.2, -0.15) is 0 Å². The number of ether oxygens (including phenoxy) is 1. The summed E-state index contributed by atoms with van der Waals surface area (Å²) < 4.78 is 47.2. The number of H-pyrrole nitrogens is 1. The second-order valence-corrected chi connectivity index (χ2v) is 8.59. The van der Waals surface area contributed by atoms with E-state index in [2.05, 4.69) is 10.3 Å². The highest BCUT2D eigenvalue weighted by molar-refractivity contribution is 5.92. The number of aromatic nitrogens is 1. The minimum absolute atomic E-state index is 0.0985. The number of aliphatic hydroxyl groups is 1. The molecule has 1 aromatic heterocycles. The second-order valence-electron chi connectivity index (χ2n) is 8.59. The van der Waals surface area contributed by atoms with E-state index in [0.717, 1.165) is 11.6 Å². The number of nitrogens with one attached hydrogen (secondary N) is 2. The van der Waals surface area contributed by atoms with Crippen molar-refractivity contribution < 1.29 is 27.8 Å². The van der Waals surface area contributed by atoms with Crippen LogP contribution in [0, 0.1) is 17.5 Å². The van der Waals surface area contributed by atoms with Crippen molar-refractivity contribution in [3.63, 3.8) is 0 Å². The summed E-state index contributed by atoms with van der Waals surface area (Å²) in [5.74, 6) is -1.89. The van der Waals surface area contributed by atoms with Crippen molar-refractivity contribution in [1.82, 2.24) is 10.3 Å². The lowest BCUT2D eigenvalue weighted by Gasteiger charge is -2.36.